The van der Waals surface area contributed by atoms with Crippen LogP contribution in [0.3, 0.4) is 0 Å². The number of hydrogen-bond acceptors (Lipinski definition) is 4. The normalized spacial score (nSPS) is 11.8. The molecule has 0 fully saturated rings. The molecule has 0 aliphatic heterocycles. The fraction of sp³-hybridized carbons (Fsp3) is 0.333. The first-order valence-electron chi connectivity index (χ1n) is 13.9. The van der Waals surface area contributed by atoms with Gasteiger partial charge in [0.1, 0.15) is 5.76 Å². The number of rotatable bonds is 8. The molecule has 1 heterocycles. The Morgan fingerprint density at radius 2 is 1.54 bits per heavy atom. The third-order valence-corrected chi connectivity index (χ3v) is 7.54. The Kier molecular flexibility index (Phi) is 12.1. The molecule has 0 saturated carbocycles. The van der Waals surface area contributed by atoms with Gasteiger partial charge >= 0.3 is 0 Å². The standard InChI is InChI=1S/C23H18NO.C13H24O2.Ir/c1-16-10-17(2)12-22(11-16)25-23-14-21-13-19(8-9-20(21)15-24-23)18-6-4-3-5-7-18;1-7-12(3,4)10(14)9-11(15)13(5,6)8-2;/h3-11,13-15H,1-2H3;9,14H,7-8H2,1-6H3;/q-1;;/b;10-9-;. The maximum atomic E-state index is 11.8. The molecule has 0 aliphatic carbocycles. The van der Waals surface area contributed by atoms with Crippen LogP contribution in [-0.4, -0.2) is 15.9 Å². The fourth-order valence-corrected chi connectivity index (χ4v) is 3.88. The summed E-state index contributed by atoms with van der Waals surface area (Å²) in [7, 11) is 0. The number of benzene rings is 3. The number of carbonyl (C=O) groups excluding carboxylic acids is 1. The Hall–Kier alpha value is -3.27. The number of nitrogens with zero attached hydrogens (tertiary/aromatic N) is 1. The van der Waals surface area contributed by atoms with Gasteiger partial charge < -0.3 is 9.84 Å². The number of allylic oxidation sites excluding steroid dienone is 2. The van der Waals surface area contributed by atoms with E-state index in [1.54, 1.807) is 0 Å². The maximum absolute atomic E-state index is 11.8. The topological polar surface area (TPSA) is 59.4 Å². The third-order valence-electron chi connectivity index (χ3n) is 7.54. The summed E-state index contributed by atoms with van der Waals surface area (Å²) in [5, 5.41) is 12.0. The van der Waals surface area contributed by atoms with Crippen LogP contribution in [0.25, 0.3) is 21.9 Å². The van der Waals surface area contributed by atoms with E-state index in [2.05, 4.69) is 59.6 Å². The Morgan fingerprint density at radius 1 is 0.878 bits per heavy atom. The molecule has 4 aromatic rings. The molecule has 0 bridgehead atoms. The minimum absolute atomic E-state index is 0. The summed E-state index contributed by atoms with van der Waals surface area (Å²) in [6, 6.07) is 26.0. The molecule has 1 aromatic heterocycles. The maximum Gasteiger partial charge on any atom is 0.217 e. The van der Waals surface area contributed by atoms with Crippen molar-refractivity contribution in [1.82, 2.24) is 4.98 Å². The SMILES string of the molecule is CCC(C)(C)C(=O)/C=C(\O)C(C)(C)CC.Cc1[c-]c(Oc2cc3cc(-c4ccccc4)ccc3cn2)cc(C)c1.[Ir]. The zero-order valence-electron chi connectivity index (χ0n) is 25.5. The van der Waals surface area contributed by atoms with E-state index in [4.69, 9.17) is 4.74 Å². The van der Waals surface area contributed by atoms with Crippen LogP contribution in [-0.2, 0) is 24.9 Å². The molecule has 1 radical (unpaired) electrons. The largest absolute Gasteiger partial charge is 0.512 e. The van der Waals surface area contributed by atoms with Crippen LogP contribution in [0.4, 0.5) is 0 Å². The van der Waals surface area contributed by atoms with Crippen molar-refractivity contribution in [2.75, 3.05) is 0 Å². The first kappa shape index (κ1) is 33.9. The van der Waals surface area contributed by atoms with Crippen molar-refractivity contribution in [2.24, 2.45) is 10.8 Å². The van der Waals surface area contributed by atoms with E-state index < -0.39 is 0 Å². The second-order valence-electron chi connectivity index (χ2n) is 11.6. The van der Waals surface area contributed by atoms with E-state index in [9.17, 15) is 9.90 Å². The third kappa shape index (κ3) is 9.38. The van der Waals surface area contributed by atoms with E-state index in [1.165, 1.54) is 17.2 Å². The van der Waals surface area contributed by atoms with Gasteiger partial charge in [-0.2, -0.15) is 17.2 Å². The summed E-state index contributed by atoms with van der Waals surface area (Å²) >= 11 is 0. The van der Waals surface area contributed by atoms with Crippen LogP contribution in [0.1, 0.15) is 65.5 Å². The van der Waals surface area contributed by atoms with Crippen LogP contribution in [0, 0.1) is 30.7 Å². The summed E-state index contributed by atoms with van der Waals surface area (Å²) in [4.78, 5) is 16.3. The Labute approximate surface area is 259 Å². The molecule has 1 N–H and O–H groups in total. The van der Waals surface area contributed by atoms with Gasteiger partial charge in [-0.3, -0.25) is 4.79 Å². The number of ether oxygens (including phenoxy) is 1. The van der Waals surface area contributed by atoms with Gasteiger partial charge in [-0.05, 0) is 35.4 Å². The van der Waals surface area contributed by atoms with Crippen LogP contribution in [0.5, 0.6) is 11.6 Å². The minimum atomic E-state index is -0.377. The number of carbonyl (C=O) groups is 1. The number of aliphatic hydroxyl groups excluding tert-OH is 1. The summed E-state index contributed by atoms with van der Waals surface area (Å²) in [5.41, 5.74) is 3.91. The molecule has 0 aliphatic rings. The number of aryl methyl sites for hydroxylation is 2. The molecule has 0 saturated heterocycles. The van der Waals surface area contributed by atoms with Gasteiger partial charge in [-0.1, -0.05) is 97.9 Å². The molecular formula is C36H42IrNO3-. The van der Waals surface area contributed by atoms with Gasteiger partial charge in [0.2, 0.25) is 5.88 Å². The smallest absolute Gasteiger partial charge is 0.217 e. The molecule has 0 spiro atoms. The van der Waals surface area contributed by atoms with Crippen molar-refractivity contribution in [3.05, 3.63) is 102 Å². The average Bonchev–Trinajstić information content (AvgIpc) is 2.92. The van der Waals surface area contributed by atoms with Crippen molar-refractivity contribution < 1.29 is 34.7 Å². The summed E-state index contributed by atoms with van der Waals surface area (Å²) in [6.07, 6.45) is 4.84. The number of aromatic nitrogens is 1. The number of aliphatic hydroxyl groups is 1. The Bertz CT molecular complexity index is 1470. The van der Waals surface area contributed by atoms with Gasteiger partial charge in [0.25, 0.3) is 0 Å². The van der Waals surface area contributed by atoms with Crippen molar-refractivity contribution >= 4 is 16.6 Å². The number of ketones is 1. The molecule has 41 heavy (non-hydrogen) atoms. The van der Waals surface area contributed by atoms with Gasteiger partial charge in [-0.15, -0.1) is 12.1 Å². The molecule has 0 atom stereocenters. The molecule has 4 rings (SSSR count). The van der Waals surface area contributed by atoms with Crippen molar-refractivity contribution in [3.63, 3.8) is 0 Å². The van der Waals surface area contributed by atoms with Crippen LogP contribution in [0.2, 0.25) is 0 Å². The van der Waals surface area contributed by atoms with Crippen molar-refractivity contribution in [1.29, 1.82) is 0 Å². The fourth-order valence-electron chi connectivity index (χ4n) is 3.88. The molecule has 3 aromatic carbocycles. The van der Waals surface area contributed by atoms with E-state index in [-0.39, 0.29) is 42.5 Å². The van der Waals surface area contributed by atoms with Gasteiger partial charge in [-0.25, -0.2) is 4.98 Å². The number of fused-ring (bicyclic) bond motifs is 1. The second kappa shape index (κ2) is 14.6. The van der Waals surface area contributed by atoms with Gasteiger partial charge in [0.15, 0.2) is 5.78 Å². The van der Waals surface area contributed by atoms with Crippen LogP contribution in [0.15, 0.2) is 84.8 Å². The van der Waals surface area contributed by atoms with Crippen molar-refractivity contribution in [3.8, 4) is 22.8 Å². The molecule has 0 unspecified atom stereocenters. The first-order chi connectivity index (χ1) is 18.8. The minimum Gasteiger partial charge on any atom is -0.512 e. The number of hydrogen-bond donors (Lipinski definition) is 1. The zero-order chi connectivity index (χ0) is 29.5. The average molecular weight is 729 g/mol. The Balaban J connectivity index is 0.000000320. The molecule has 0 amide bonds. The second-order valence-corrected chi connectivity index (χ2v) is 11.6. The molecule has 219 valence electrons. The van der Waals surface area contributed by atoms with E-state index >= 15 is 0 Å². The summed E-state index contributed by atoms with van der Waals surface area (Å²) < 4.78 is 5.93. The van der Waals surface area contributed by atoms with E-state index in [0.717, 1.165) is 34.7 Å². The zero-order valence-corrected chi connectivity index (χ0v) is 27.9. The summed E-state index contributed by atoms with van der Waals surface area (Å²) in [5.74, 6) is 1.48. The summed E-state index contributed by atoms with van der Waals surface area (Å²) in [6.45, 7) is 15.7. The number of pyridine rings is 1. The monoisotopic (exact) mass is 729 g/mol. The molecular weight excluding hydrogens is 687 g/mol. The quantitative estimate of drug-likeness (QED) is 0.112. The van der Waals surface area contributed by atoms with E-state index in [0.29, 0.717) is 11.6 Å². The van der Waals surface area contributed by atoms with Gasteiger partial charge in [0.05, 0.1) is 0 Å². The molecule has 5 heteroatoms. The first-order valence-corrected chi connectivity index (χ1v) is 13.9. The molecule has 4 nitrogen and oxygen atoms in total. The predicted molar refractivity (Wildman–Crippen MR) is 166 cm³/mol. The van der Waals surface area contributed by atoms with Crippen molar-refractivity contribution in [2.45, 2.75) is 68.2 Å². The van der Waals surface area contributed by atoms with E-state index in [1.807, 2.05) is 79.8 Å². The predicted octanol–water partition coefficient (Wildman–Crippen LogP) is 9.98. The van der Waals surface area contributed by atoms with Crippen LogP contribution < -0.4 is 4.74 Å². The van der Waals surface area contributed by atoms with Gasteiger partial charge in [0, 0.05) is 60.4 Å². The Morgan fingerprint density at radius 3 is 2.15 bits per heavy atom. The van der Waals surface area contributed by atoms with Crippen LogP contribution >= 0.6 is 0 Å².